The van der Waals surface area contributed by atoms with Gasteiger partial charge in [0, 0.05) is 17.6 Å². The maximum atomic E-state index is 12.3. The molecule has 24 heavy (non-hydrogen) atoms. The second kappa shape index (κ2) is 8.02. The smallest absolute Gasteiger partial charge is 0.224 e. The molecule has 5 heteroatoms. The van der Waals surface area contributed by atoms with E-state index in [9.17, 15) is 9.59 Å². The van der Waals surface area contributed by atoms with Crippen molar-refractivity contribution in [1.82, 2.24) is 10.6 Å². The van der Waals surface area contributed by atoms with Crippen molar-refractivity contribution in [3.63, 3.8) is 0 Å². The number of halogens is 1. The predicted molar refractivity (Wildman–Crippen MR) is 94.5 cm³/mol. The van der Waals surface area contributed by atoms with Gasteiger partial charge in [-0.05, 0) is 37.0 Å². The number of nitrogens with one attached hydrogen (secondary N) is 2. The van der Waals surface area contributed by atoms with Gasteiger partial charge in [-0.1, -0.05) is 49.4 Å². The van der Waals surface area contributed by atoms with Gasteiger partial charge in [0.15, 0.2) is 0 Å². The van der Waals surface area contributed by atoms with Gasteiger partial charge in [0.1, 0.15) is 0 Å². The molecule has 0 spiro atoms. The van der Waals surface area contributed by atoms with Crippen molar-refractivity contribution in [3.05, 3.63) is 34.9 Å². The highest BCUT2D eigenvalue weighted by Gasteiger charge is 2.48. The van der Waals surface area contributed by atoms with Crippen LogP contribution in [-0.2, 0) is 16.1 Å². The van der Waals surface area contributed by atoms with Crippen molar-refractivity contribution in [2.75, 3.05) is 0 Å². The van der Waals surface area contributed by atoms with Crippen molar-refractivity contribution in [2.24, 2.45) is 11.8 Å². The summed E-state index contributed by atoms with van der Waals surface area (Å²) in [5.74, 6) is -0.263. The summed E-state index contributed by atoms with van der Waals surface area (Å²) in [5, 5.41) is 6.75. The van der Waals surface area contributed by atoms with Gasteiger partial charge in [-0.15, -0.1) is 0 Å². The zero-order chi connectivity index (χ0) is 16.9. The van der Waals surface area contributed by atoms with Crippen LogP contribution >= 0.6 is 11.6 Å². The fourth-order valence-electron chi connectivity index (χ4n) is 3.43. The summed E-state index contributed by atoms with van der Waals surface area (Å²) < 4.78 is 0. The lowest BCUT2D eigenvalue weighted by molar-refractivity contribution is -0.127. The number of amides is 2. The number of benzene rings is 1. The van der Waals surface area contributed by atoms with Crippen LogP contribution in [0.25, 0.3) is 0 Å². The van der Waals surface area contributed by atoms with E-state index >= 15 is 0 Å². The minimum absolute atomic E-state index is 0.0223. The molecule has 4 nitrogen and oxygen atoms in total. The minimum Gasteiger partial charge on any atom is -0.353 e. The number of hydrogen-bond donors (Lipinski definition) is 2. The molecule has 1 aromatic rings. The molecule has 130 valence electrons. The van der Waals surface area contributed by atoms with Crippen LogP contribution in [0.2, 0.25) is 5.02 Å². The van der Waals surface area contributed by atoms with E-state index < -0.39 is 0 Å². The quantitative estimate of drug-likeness (QED) is 0.801. The highest BCUT2D eigenvalue weighted by Crippen LogP contribution is 2.39. The highest BCUT2D eigenvalue weighted by atomic mass is 35.5. The molecule has 0 heterocycles. The van der Waals surface area contributed by atoms with Gasteiger partial charge in [0.25, 0.3) is 0 Å². The van der Waals surface area contributed by atoms with E-state index in [0.29, 0.717) is 24.0 Å². The average Bonchev–Trinajstić information content (AvgIpc) is 3.39. The first-order valence-corrected chi connectivity index (χ1v) is 9.34. The Hall–Kier alpha value is -1.55. The third kappa shape index (κ3) is 4.73. The first-order valence-electron chi connectivity index (χ1n) is 8.96. The van der Waals surface area contributed by atoms with E-state index in [1.807, 2.05) is 24.3 Å². The Morgan fingerprint density at radius 1 is 0.958 bits per heavy atom. The van der Waals surface area contributed by atoms with Crippen LogP contribution in [-0.4, -0.2) is 17.9 Å². The second-order valence-electron chi connectivity index (χ2n) is 6.99. The Morgan fingerprint density at radius 2 is 1.58 bits per heavy atom. The van der Waals surface area contributed by atoms with E-state index in [1.165, 1.54) is 25.7 Å². The maximum Gasteiger partial charge on any atom is 0.224 e. The first-order chi connectivity index (χ1) is 11.6. The molecule has 1 aromatic carbocycles. The summed E-state index contributed by atoms with van der Waals surface area (Å²) in [5.41, 5.74) is 1.01. The largest absolute Gasteiger partial charge is 0.353 e. The maximum absolute atomic E-state index is 12.3. The Bertz CT molecular complexity index is 580. The van der Waals surface area contributed by atoms with Gasteiger partial charge in [0.05, 0.1) is 11.8 Å². The molecule has 3 rings (SSSR count). The van der Waals surface area contributed by atoms with Crippen LogP contribution in [0.15, 0.2) is 24.3 Å². The predicted octanol–water partition coefficient (Wildman–Crippen LogP) is 3.43. The monoisotopic (exact) mass is 348 g/mol. The molecule has 2 unspecified atom stereocenters. The first kappa shape index (κ1) is 17.3. The van der Waals surface area contributed by atoms with Crippen LogP contribution < -0.4 is 10.6 Å². The van der Waals surface area contributed by atoms with Crippen LogP contribution in [0.4, 0.5) is 0 Å². The molecule has 2 aliphatic carbocycles. The standard InChI is InChI=1S/C19H25ClN2O2/c20-14-9-7-13(8-10-14)12-21-18(23)16-11-17(16)19(24)22-15-5-3-1-2-4-6-15/h7-10,15-17H,1-6,11-12H2,(H,21,23)(H,22,24). The van der Waals surface area contributed by atoms with Gasteiger partial charge in [-0.3, -0.25) is 9.59 Å². The molecule has 2 amide bonds. The van der Waals surface area contributed by atoms with Gasteiger partial charge in [-0.25, -0.2) is 0 Å². The lowest BCUT2D eigenvalue weighted by Crippen LogP contribution is -2.36. The molecule has 0 radical (unpaired) electrons. The fraction of sp³-hybridized carbons (Fsp3) is 0.579. The van der Waals surface area contributed by atoms with E-state index in [-0.39, 0.29) is 23.7 Å². The van der Waals surface area contributed by atoms with Crippen molar-refractivity contribution in [1.29, 1.82) is 0 Å². The number of hydrogen-bond acceptors (Lipinski definition) is 2. The van der Waals surface area contributed by atoms with Crippen LogP contribution in [0.3, 0.4) is 0 Å². The number of carbonyl (C=O) groups is 2. The molecule has 2 fully saturated rings. The summed E-state index contributed by atoms with van der Waals surface area (Å²) in [6.45, 7) is 0.476. The fourth-order valence-corrected chi connectivity index (χ4v) is 3.55. The molecule has 2 atom stereocenters. The lowest BCUT2D eigenvalue weighted by Gasteiger charge is -2.16. The molecular weight excluding hydrogens is 324 g/mol. The highest BCUT2D eigenvalue weighted by molar-refractivity contribution is 6.30. The van der Waals surface area contributed by atoms with Crippen molar-refractivity contribution in [3.8, 4) is 0 Å². The Kier molecular flexibility index (Phi) is 5.77. The molecule has 2 N–H and O–H groups in total. The SMILES string of the molecule is O=C(NCc1ccc(Cl)cc1)C1CC1C(=O)NC1CCCCCC1. The third-order valence-corrected chi connectivity index (χ3v) is 5.30. The Balaban J connectivity index is 1.41. The third-order valence-electron chi connectivity index (χ3n) is 5.05. The van der Waals surface area contributed by atoms with Crippen molar-refractivity contribution < 1.29 is 9.59 Å². The Labute approximate surface area is 148 Å². The summed E-state index contributed by atoms with van der Waals surface area (Å²) in [7, 11) is 0. The summed E-state index contributed by atoms with van der Waals surface area (Å²) in [6.07, 6.45) is 7.75. The lowest BCUT2D eigenvalue weighted by atomic mass is 10.1. The second-order valence-corrected chi connectivity index (χ2v) is 7.43. The summed E-state index contributed by atoms with van der Waals surface area (Å²) in [4.78, 5) is 24.5. The molecule has 0 aliphatic heterocycles. The zero-order valence-corrected chi connectivity index (χ0v) is 14.6. The zero-order valence-electron chi connectivity index (χ0n) is 13.9. The topological polar surface area (TPSA) is 58.2 Å². The van der Waals surface area contributed by atoms with Gasteiger partial charge in [-0.2, -0.15) is 0 Å². The molecule has 2 saturated carbocycles. The molecule has 0 aromatic heterocycles. The molecular formula is C19H25ClN2O2. The molecule has 0 bridgehead atoms. The van der Waals surface area contributed by atoms with E-state index in [1.54, 1.807) is 0 Å². The normalized spacial score (nSPS) is 24.0. The Morgan fingerprint density at radius 3 is 2.25 bits per heavy atom. The molecule has 2 aliphatic rings. The number of rotatable bonds is 5. The summed E-state index contributed by atoms with van der Waals surface area (Å²) >= 11 is 5.85. The van der Waals surface area contributed by atoms with E-state index in [2.05, 4.69) is 10.6 Å². The van der Waals surface area contributed by atoms with Crippen molar-refractivity contribution >= 4 is 23.4 Å². The van der Waals surface area contributed by atoms with Crippen LogP contribution in [0.5, 0.6) is 0 Å². The average molecular weight is 349 g/mol. The van der Waals surface area contributed by atoms with Gasteiger partial charge in [0.2, 0.25) is 11.8 Å². The van der Waals surface area contributed by atoms with Gasteiger partial charge < -0.3 is 10.6 Å². The van der Waals surface area contributed by atoms with Crippen molar-refractivity contribution in [2.45, 2.75) is 57.5 Å². The van der Waals surface area contributed by atoms with E-state index in [4.69, 9.17) is 11.6 Å². The molecule has 0 saturated heterocycles. The van der Waals surface area contributed by atoms with Crippen LogP contribution in [0.1, 0.15) is 50.5 Å². The van der Waals surface area contributed by atoms with Gasteiger partial charge >= 0.3 is 0 Å². The van der Waals surface area contributed by atoms with Crippen LogP contribution in [0, 0.1) is 11.8 Å². The minimum atomic E-state index is -0.164. The summed E-state index contributed by atoms with van der Waals surface area (Å²) in [6, 6.07) is 7.71. The van der Waals surface area contributed by atoms with E-state index in [0.717, 1.165) is 18.4 Å². The number of carbonyl (C=O) groups excluding carboxylic acids is 2.